The molecule has 3 N–H and O–H groups in total. The summed E-state index contributed by atoms with van der Waals surface area (Å²) in [6.45, 7) is 0.353. The highest BCUT2D eigenvalue weighted by Crippen LogP contribution is 2.20. The lowest BCUT2D eigenvalue weighted by molar-refractivity contribution is 0.0609. The van der Waals surface area contributed by atoms with Gasteiger partial charge in [0.15, 0.2) is 0 Å². The van der Waals surface area contributed by atoms with Gasteiger partial charge in [-0.3, -0.25) is 4.79 Å². The Morgan fingerprint density at radius 3 is 3.05 bits per heavy atom. The van der Waals surface area contributed by atoms with Crippen LogP contribution in [0.3, 0.4) is 0 Å². The first-order valence-electron chi connectivity index (χ1n) is 5.83. The maximum Gasteiger partial charge on any atom is 0.267 e. The van der Waals surface area contributed by atoms with Crippen LogP contribution < -0.4 is 5.32 Å². The zero-order chi connectivity index (χ0) is 13.8. The predicted octanol–water partition coefficient (Wildman–Crippen LogP) is 1.67. The fourth-order valence-corrected chi connectivity index (χ4v) is 2.14. The number of hydrogen-bond acceptors (Lipinski definition) is 3. The number of rotatable bonds is 5. The molecule has 0 spiro atoms. The van der Waals surface area contributed by atoms with E-state index >= 15 is 0 Å². The lowest BCUT2D eigenvalue weighted by Crippen LogP contribution is -2.34. The van der Waals surface area contributed by atoms with E-state index in [9.17, 15) is 9.90 Å². The van der Waals surface area contributed by atoms with E-state index in [0.29, 0.717) is 5.69 Å². The maximum atomic E-state index is 11.9. The third-order valence-corrected chi connectivity index (χ3v) is 3.18. The van der Waals surface area contributed by atoms with Crippen LogP contribution >= 0.6 is 15.9 Å². The number of fused-ring (bicyclic) bond motifs is 1. The minimum atomic E-state index is -0.701. The Bertz CT molecular complexity index is 582. The Balaban J connectivity index is 2.05. The zero-order valence-corrected chi connectivity index (χ0v) is 12.0. The molecule has 102 valence electrons. The Morgan fingerprint density at radius 1 is 1.53 bits per heavy atom. The van der Waals surface area contributed by atoms with Gasteiger partial charge in [-0.15, -0.1) is 0 Å². The molecule has 0 aliphatic heterocycles. The number of amides is 1. The molecule has 0 saturated heterocycles. The van der Waals surface area contributed by atoms with Crippen molar-refractivity contribution in [1.82, 2.24) is 10.3 Å². The van der Waals surface area contributed by atoms with E-state index in [2.05, 4.69) is 26.2 Å². The quantitative estimate of drug-likeness (QED) is 0.782. The molecule has 1 aromatic heterocycles. The van der Waals surface area contributed by atoms with Crippen molar-refractivity contribution in [3.63, 3.8) is 0 Å². The SMILES string of the molecule is COCC(O)CNC(=O)c1cc2ccc(Br)cc2[nH]1. The molecule has 5 nitrogen and oxygen atoms in total. The molecule has 0 aliphatic rings. The second-order valence-electron chi connectivity index (χ2n) is 4.23. The van der Waals surface area contributed by atoms with Crippen LogP contribution in [0, 0.1) is 0 Å². The van der Waals surface area contributed by atoms with Gasteiger partial charge in [-0.05, 0) is 18.2 Å². The molecular formula is C13H15BrN2O3. The maximum absolute atomic E-state index is 11.9. The number of carbonyl (C=O) groups is 1. The molecule has 19 heavy (non-hydrogen) atoms. The Labute approximate surface area is 119 Å². The first-order chi connectivity index (χ1) is 9.10. The second kappa shape index (κ2) is 6.18. The van der Waals surface area contributed by atoms with E-state index in [-0.39, 0.29) is 19.1 Å². The molecule has 0 aliphatic carbocycles. The number of aromatic amines is 1. The van der Waals surface area contributed by atoms with Gasteiger partial charge >= 0.3 is 0 Å². The summed E-state index contributed by atoms with van der Waals surface area (Å²) in [6, 6.07) is 7.53. The highest BCUT2D eigenvalue weighted by atomic mass is 79.9. The van der Waals surface area contributed by atoms with Crippen LogP contribution in [0.2, 0.25) is 0 Å². The van der Waals surface area contributed by atoms with E-state index in [0.717, 1.165) is 15.4 Å². The molecule has 1 amide bonds. The van der Waals surface area contributed by atoms with Crippen molar-refractivity contribution in [2.45, 2.75) is 6.10 Å². The van der Waals surface area contributed by atoms with Gasteiger partial charge in [-0.2, -0.15) is 0 Å². The van der Waals surface area contributed by atoms with Crippen LogP contribution in [0.4, 0.5) is 0 Å². The van der Waals surface area contributed by atoms with E-state index in [1.165, 1.54) is 7.11 Å². The molecule has 1 unspecified atom stereocenters. The minimum absolute atomic E-state index is 0.158. The third kappa shape index (κ3) is 3.56. The highest BCUT2D eigenvalue weighted by Gasteiger charge is 2.11. The minimum Gasteiger partial charge on any atom is -0.389 e. The van der Waals surface area contributed by atoms with E-state index in [1.807, 2.05) is 18.2 Å². The van der Waals surface area contributed by atoms with Crippen molar-refractivity contribution in [2.24, 2.45) is 0 Å². The summed E-state index contributed by atoms with van der Waals surface area (Å²) in [5, 5.41) is 13.1. The number of benzene rings is 1. The average Bonchev–Trinajstić information content (AvgIpc) is 2.79. The van der Waals surface area contributed by atoms with Gasteiger partial charge in [-0.1, -0.05) is 22.0 Å². The van der Waals surface area contributed by atoms with Gasteiger partial charge in [0.05, 0.1) is 12.7 Å². The van der Waals surface area contributed by atoms with Crippen molar-refractivity contribution >= 4 is 32.7 Å². The fourth-order valence-electron chi connectivity index (χ4n) is 1.78. The molecule has 1 atom stereocenters. The molecule has 2 rings (SSSR count). The summed E-state index contributed by atoms with van der Waals surface area (Å²) in [7, 11) is 1.50. The van der Waals surface area contributed by atoms with Crippen molar-refractivity contribution < 1.29 is 14.6 Å². The summed E-state index contributed by atoms with van der Waals surface area (Å²) in [5.74, 6) is -0.248. The van der Waals surface area contributed by atoms with Gasteiger partial charge < -0.3 is 20.1 Å². The van der Waals surface area contributed by atoms with Gasteiger partial charge in [-0.25, -0.2) is 0 Å². The Morgan fingerprint density at radius 2 is 2.32 bits per heavy atom. The number of aliphatic hydroxyl groups excluding tert-OH is 1. The normalized spacial score (nSPS) is 12.6. The van der Waals surface area contributed by atoms with E-state index < -0.39 is 6.10 Å². The third-order valence-electron chi connectivity index (χ3n) is 2.69. The summed E-state index contributed by atoms with van der Waals surface area (Å²) in [5.41, 5.74) is 1.36. The number of nitrogens with one attached hydrogen (secondary N) is 2. The molecular weight excluding hydrogens is 312 g/mol. The van der Waals surface area contributed by atoms with Gasteiger partial charge in [0, 0.05) is 29.0 Å². The smallest absolute Gasteiger partial charge is 0.267 e. The zero-order valence-electron chi connectivity index (χ0n) is 10.4. The first-order valence-corrected chi connectivity index (χ1v) is 6.63. The molecule has 1 aromatic carbocycles. The Kier molecular flexibility index (Phi) is 4.57. The largest absolute Gasteiger partial charge is 0.389 e. The fraction of sp³-hybridized carbons (Fsp3) is 0.308. The average molecular weight is 327 g/mol. The van der Waals surface area contributed by atoms with Crippen LogP contribution in [-0.2, 0) is 4.74 Å². The summed E-state index contributed by atoms with van der Waals surface area (Å²) in [6.07, 6.45) is -0.701. The number of ether oxygens (including phenoxy) is 1. The van der Waals surface area contributed by atoms with Gasteiger partial charge in [0.25, 0.3) is 5.91 Å². The van der Waals surface area contributed by atoms with E-state index in [1.54, 1.807) is 6.07 Å². The predicted molar refractivity (Wildman–Crippen MR) is 76.2 cm³/mol. The van der Waals surface area contributed by atoms with Crippen LogP contribution in [0.5, 0.6) is 0 Å². The van der Waals surface area contributed by atoms with Gasteiger partial charge in [0.1, 0.15) is 5.69 Å². The second-order valence-corrected chi connectivity index (χ2v) is 5.15. The molecule has 0 saturated carbocycles. The number of H-pyrrole nitrogens is 1. The van der Waals surface area contributed by atoms with Crippen molar-refractivity contribution in [3.8, 4) is 0 Å². The first kappa shape index (κ1) is 14.0. The Hall–Kier alpha value is -1.37. The van der Waals surface area contributed by atoms with Crippen molar-refractivity contribution in [3.05, 3.63) is 34.4 Å². The number of hydrogen-bond donors (Lipinski definition) is 3. The topological polar surface area (TPSA) is 74.3 Å². The van der Waals surface area contributed by atoms with Crippen molar-refractivity contribution in [2.75, 3.05) is 20.3 Å². The summed E-state index contributed by atoms with van der Waals surface area (Å²) >= 11 is 3.38. The standard InChI is InChI=1S/C13H15BrN2O3/c1-19-7-10(17)6-15-13(18)12-4-8-2-3-9(14)5-11(8)16-12/h2-5,10,16-17H,6-7H2,1H3,(H,15,18). The number of aliphatic hydroxyl groups is 1. The van der Waals surface area contributed by atoms with Crippen LogP contribution in [0.1, 0.15) is 10.5 Å². The lowest BCUT2D eigenvalue weighted by Gasteiger charge is -2.09. The number of halogens is 1. The molecule has 0 radical (unpaired) electrons. The molecule has 0 bridgehead atoms. The molecule has 6 heteroatoms. The number of carbonyl (C=O) groups excluding carboxylic acids is 1. The van der Waals surface area contributed by atoms with Crippen LogP contribution in [0.15, 0.2) is 28.7 Å². The van der Waals surface area contributed by atoms with Crippen LogP contribution in [-0.4, -0.2) is 42.4 Å². The molecule has 0 fully saturated rings. The summed E-state index contributed by atoms with van der Waals surface area (Å²) in [4.78, 5) is 14.9. The summed E-state index contributed by atoms with van der Waals surface area (Å²) < 4.78 is 5.74. The van der Waals surface area contributed by atoms with Crippen molar-refractivity contribution in [1.29, 1.82) is 0 Å². The molecule has 2 aromatic rings. The highest BCUT2D eigenvalue weighted by molar-refractivity contribution is 9.10. The molecule has 1 heterocycles. The van der Waals surface area contributed by atoms with Gasteiger partial charge in [0.2, 0.25) is 0 Å². The number of methoxy groups -OCH3 is 1. The lowest BCUT2D eigenvalue weighted by atomic mass is 10.2. The number of aromatic nitrogens is 1. The van der Waals surface area contributed by atoms with Crippen LogP contribution in [0.25, 0.3) is 10.9 Å². The van der Waals surface area contributed by atoms with E-state index in [4.69, 9.17) is 4.74 Å². The monoisotopic (exact) mass is 326 g/mol.